The van der Waals surface area contributed by atoms with E-state index in [9.17, 15) is 19.0 Å². The fourth-order valence-corrected chi connectivity index (χ4v) is 3.77. The van der Waals surface area contributed by atoms with Crippen molar-refractivity contribution in [3.63, 3.8) is 0 Å². The summed E-state index contributed by atoms with van der Waals surface area (Å²) in [5.41, 5.74) is 1.05. The normalized spacial score (nSPS) is 19.3. The lowest BCUT2D eigenvalue weighted by atomic mass is 9.76. The van der Waals surface area contributed by atoms with Crippen molar-refractivity contribution < 1.29 is 19.0 Å². The van der Waals surface area contributed by atoms with Gasteiger partial charge in [-0.1, -0.05) is 38.0 Å². The van der Waals surface area contributed by atoms with Gasteiger partial charge in [0.1, 0.15) is 5.75 Å². The number of fused-ring (bicyclic) bond motifs is 1. The number of aromatic hydroxyl groups is 1. The molecule has 3 nitrogen and oxygen atoms in total. The van der Waals surface area contributed by atoms with Crippen LogP contribution >= 0.6 is 0 Å². The molecule has 1 atom stereocenters. The fraction of sp³-hybridized carbons (Fsp3) is 0.400. The number of anilines is 1. The van der Waals surface area contributed by atoms with Gasteiger partial charge in [0.25, 0.3) is 0 Å². The molecule has 0 fully saturated rings. The van der Waals surface area contributed by atoms with E-state index in [0.717, 1.165) is 49.2 Å². The number of nitrogens with zero attached hydrogens (tertiary/aromatic N) is 1. The van der Waals surface area contributed by atoms with Crippen molar-refractivity contribution >= 4 is 5.69 Å². The van der Waals surface area contributed by atoms with E-state index in [1.807, 2.05) is 24.3 Å². The van der Waals surface area contributed by atoms with Crippen LogP contribution in [0.3, 0.4) is 0 Å². The molecule has 0 spiro atoms. The lowest BCUT2D eigenvalue weighted by Crippen LogP contribution is -2.38. The van der Waals surface area contributed by atoms with Crippen LogP contribution in [0.2, 0.25) is 0 Å². The van der Waals surface area contributed by atoms with E-state index in [0.29, 0.717) is 6.54 Å². The van der Waals surface area contributed by atoms with Gasteiger partial charge < -0.3 is 15.1 Å². The van der Waals surface area contributed by atoms with E-state index in [1.165, 1.54) is 0 Å². The zero-order valence-corrected chi connectivity index (χ0v) is 14.3. The summed E-state index contributed by atoms with van der Waals surface area (Å²) in [4.78, 5) is 2.15. The lowest BCUT2D eigenvalue weighted by Gasteiger charge is -2.30. The van der Waals surface area contributed by atoms with E-state index >= 15 is 0 Å². The predicted molar refractivity (Wildman–Crippen MR) is 94.1 cm³/mol. The highest BCUT2D eigenvalue weighted by molar-refractivity contribution is 5.67. The van der Waals surface area contributed by atoms with E-state index in [2.05, 4.69) is 11.8 Å². The molecular formula is C20H23F2NO2. The third kappa shape index (κ3) is 2.97. The Bertz CT molecular complexity index is 765. The van der Waals surface area contributed by atoms with Crippen molar-refractivity contribution in [2.45, 2.75) is 31.6 Å². The Kier molecular flexibility index (Phi) is 4.95. The second kappa shape index (κ2) is 7.00. The van der Waals surface area contributed by atoms with Crippen molar-refractivity contribution in [3.05, 3.63) is 59.2 Å². The number of phenolic OH excluding ortho intramolecular Hbond substituents is 1. The smallest absolute Gasteiger partial charge is 0.162 e. The lowest BCUT2D eigenvalue weighted by molar-refractivity contribution is 0.224. The number of hydrogen-bond donors (Lipinski definition) is 2. The molecule has 2 aromatic carbocycles. The van der Waals surface area contributed by atoms with Crippen LogP contribution in [-0.4, -0.2) is 29.9 Å². The first-order valence-electron chi connectivity index (χ1n) is 8.67. The number of phenols is 1. The Labute approximate surface area is 146 Å². The van der Waals surface area contributed by atoms with Gasteiger partial charge >= 0.3 is 0 Å². The molecule has 0 aliphatic carbocycles. The maximum absolute atomic E-state index is 13.9. The summed E-state index contributed by atoms with van der Waals surface area (Å²) in [6.45, 7) is 3.07. The predicted octanol–water partition coefficient (Wildman–Crippen LogP) is 3.96. The number of unbranched alkanes of at least 4 members (excludes halogenated alkanes) is 2. The minimum absolute atomic E-state index is 0.222. The Morgan fingerprint density at radius 2 is 1.80 bits per heavy atom. The molecule has 1 aliphatic heterocycles. The standard InChI is InChI=1S/C20H23F2NO2/c1-2-3-6-9-23-12-20(13-24,14-7-4-5-8-18(14)23)15-10-16(21)17(22)11-19(15)25/h4-5,7-8,10-11,24-25H,2-3,6,9,12-13H2,1H3. The third-order valence-electron chi connectivity index (χ3n) is 5.08. The van der Waals surface area contributed by atoms with Crippen LogP contribution in [0.4, 0.5) is 14.5 Å². The molecular weight excluding hydrogens is 324 g/mol. The van der Waals surface area contributed by atoms with Gasteiger partial charge in [-0.25, -0.2) is 8.78 Å². The summed E-state index contributed by atoms with van der Waals surface area (Å²) < 4.78 is 27.3. The summed E-state index contributed by atoms with van der Waals surface area (Å²) in [6, 6.07) is 9.42. The third-order valence-corrected chi connectivity index (χ3v) is 5.08. The maximum atomic E-state index is 13.9. The second-order valence-corrected chi connectivity index (χ2v) is 6.67. The molecule has 2 aromatic rings. The minimum atomic E-state index is -1.10. The molecule has 0 amide bonds. The Hall–Kier alpha value is -2.14. The van der Waals surface area contributed by atoms with Crippen LogP contribution < -0.4 is 4.90 Å². The molecule has 5 heteroatoms. The van der Waals surface area contributed by atoms with Crippen molar-refractivity contribution in [2.24, 2.45) is 0 Å². The first-order valence-corrected chi connectivity index (χ1v) is 8.67. The topological polar surface area (TPSA) is 43.7 Å². The van der Waals surface area contributed by atoms with Gasteiger partial charge in [0.05, 0.1) is 12.0 Å². The van der Waals surface area contributed by atoms with Gasteiger partial charge in [0, 0.05) is 30.4 Å². The number of aliphatic hydroxyl groups is 1. The molecule has 3 rings (SSSR count). The fourth-order valence-electron chi connectivity index (χ4n) is 3.77. The van der Waals surface area contributed by atoms with E-state index in [4.69, 9.17) is 0 Å². The zero-order valence-electron chi connectivity index (χ0n) is 14.3. The molecule has 1 aliphatic rings. The number of hydrogen-bond acceptors (Lipinski definition) is 3. The SMILES string of the molecule is CCCCCN1CC(CO)(c2cc(F)c(F)cc2O)c2ccccc21. The van der Waals surface area contributed by atoms with Gasteiger partial charge in [-0.15, -0.1) is 0 Å². The summed E-state index contributed by atoms with van der Waals surface area (Å²) >= 11 is 0. The van der Waals surface area contributed by atoms with Crippen LogP contribution in [0.25, 0.3) is 0 Å². The first kappa shape index (κ1) is 17.7. The number of para-hydroxylation sites is 1. The van der Waals surface area contributed by atoms with Crippen LogP contribution in [0.5, 0.6) is 5.75 Å². The molecule has 1 heterocycles. The van der Waals surface area contributed by atoms with Gasteiger partial charge in [-0.2, -0.15) is 0 Å². The highest BCUT2D eigenvalue weighted by Crippen LogP contribution is 2.47. The van der Waals surface area contributed by atoms with Crippen LogP contribution in [0, 0.1) is 11.6 Å². The Morgan fingerprint density at radius 3 is 2.52 bits per heavy atom. The van der Waals surface area contributed by atoms with E-state index < -0.39 is 17.0 Å². The molecule has 25 heavy (non-hydrogen) atoms. The van der Waals surface area contributed by atoms with Gasteiger partial charge in [0.15, 0.2) is 11.6 Å². The van der Waals surface area contributed by atoms with Crippen LogP contribution in [0.1, 0.15) is 37.3 Å². The Balaban J connectivity index is 2.08. The number of benzene rings is 2. The van der Waals surface area contributed by atoms with E-state index in [-0.39, 0.29) is 17.9 Å². The molecule has 0 saturated heterocycles. The highest BCUT2D eigenvalue weighted by Gasteiger charge is 2.45. The average molecular weight is 347 g/mol. The summed E-state index contributed by atoms with van der Waals surface area (Å²) in [5.74, 6) is -2.46. The quantitative estimate of drug-likeness (QED) is 0.778. The van der Waals surface area contributed by atoms with E-state index in [1.54, 1.807) is 0 Å². The molecule has 0 saturated carbocycles. The largest absolute Gasteiger partial charge is 0.508 e. The molecule has 1 unspecified atom stereocenters. The summed E-state index contributed by atoms with van der Waals surface area (Å²) in [5, 5.41) is 20.5. The number of rotatable bonds is 6. The molecule has 134 valence electrons. The monoisotopic (exact) mass is 347 g/mol. The average Bonchev–Trinajstić information content (AvgIpc) is 2.93. The van der Waals surface area contributed by atoms with Crippen molar-refractivity contribution in [3.8, 4) is 5.75 Å². The second-order valence-electron chi connectivity index (χ2n) is 6.67. The molecule has 0 bridgehead atoms. The molecule has 0 aromatic heterocycles. The first-order chi connectivity index (χ1) is 12.0. The summed E-state index contributed by atoms with van der Waals surface area (Å²) in [7, 11) is 0. The van der Waals surface area contributed by atoms with Crippen molar-refractivity contribution in [1.29, 1.82) is 0 Å². The number of aliphatic hydroxyl groups excluding tert-OH is 1. The zero-order chi connectivity index (χ0) is 18.0. The van der Waals surface area contributed by atoms with Gasteiger partial charge in [-0.05, 0) is 24.1 Å². The maximum Gasteiger partial charge on any atom is 0.162 e. The van der Waals surface area contributed by atoms with Crippen LogP contribution in [0.15, 0.2) is 36.4 Å². The van der Waals surface area contributed by atoms with Crippen molar-refractivity contribution in [1.82, 2.24) is 0 Å². The molecule has 2 N–H and O–H groups in total. The summed E-state index contributed by atoms with van der Waals surface area (Å²) in [6.07, 6.45) is 3.21. The minimum Gasteiger partial charge on any atom is -0.508 e. The molecule has 0 radical (unpaired) electrons. The van der Waals surface area contributed by atoms with Gasteiger partial charge in [-0.3, -0.25) is 0 Å². The van der Waals surface area contributed by atoms with Crippen LogP contribution in [-0.2, 0) is 5.41 Å². The van der Waals surface area contributed by atoms with Gasteiger partial charge in [0.2, 0.25) is 0 Å². The highest BCUT2D eigenvalue weighted by atomic mass is 19.2. The van der Waals surface area contributed by atoms with Crippen molar-refractivity contribution in [2.75, 3.05) is 24.6 Å². The number of halogens is 2. The Morgan fingerprint density at radius 1 is 1.08 bits per heavy atom.